The van der Waals surface area contributed by atoms with Gasteiger partial charge in [-0.25, -0.2) is 4.98 Å². The van der Waals surface area contributed by atoms with Crippen LogP contribution >= 0.6 is 23.2 Å². The van der Waals surface area contributed by atoms with Crippen LogP contribution < -0.4 is 5.32 Å². The molecule has 0 spiro atoms. The van der Waals surface area contributed by atoms with Crippen LogP contribution in [-0.2, 0) is 13.6 Å². The molecule has 4 nitrogen and oxygen atoms in total. The summed E-state index contributed by atoms with van der Waals surface area (Å²) in [5.41, 5.74) is 2.10. The summed E-state index contributed by atoms with van der Waals surface area (Å²) in [4.78, 5) is 4.13. The second-order valence-electron chi connectivity index (χ2n) is 3.75. The quantitative estimate of drug-likeness (QED) is 0.933. The van der Waals surface area contributed by atoms with Gasteiger partial charge in [0.2, 0.25) is 0 Å². The van der Waals surface area contributed by atoms with E-state index >= 15 is 0 Å². The zero-order chi connectivity index (χ0) is 12.4. The average Bonchev–Trinajstić information content (AvgIpc) is 2.56. The van der Waals surface area contributed by atoms with Gasteiger partial charge < -0.3 is 5.32 Å². The van der Waals surface area contributed by atoms with Gasteiger partial charge in [0, 0.05) is 31.5 Å². The molecule has 0 aliphatic heterocycles. The van der Waals surface area contributed by atoms with Crippen LogP contribution in [0.25, 0.3) is 0 Å². The molecule has 0 radical (unpaired) electrons. The molecule has 2 aromatic rings. The van der Waals surface area contributed by atoms with E-state index in [1.807, 2.05) is 20.2 Å². The fraction of sp³-hybridized carbons (Fsp3) is 0.273. The molecule has 0 aliphatic carbocycles. The van der Waals surface area contributed by atoms with Crippen molar-refractivity contribution in [1.82, 2.24) is 14.8 Å². The molecule has 0 saturated carbocycles. The van der Waals surface area contributed by atoms with Gasteiger partial charge in [-0.15, -0.1) is 0 Å². The molecule has 0 aliphatic rings. The number of hydrogen-bond donors (Lipinski definition) is 1. The van der Waals surface area contributed by atoms with Crippen LogP contribution in [0.2, 0.25) is 10.0 Å². The Balaban J connectivity index is 2.10. The van der Waals surface area contributed by atoms with Gasteiger partial charge in [-0.2, -0.15) is 5.10 Å². The molecule has 17 heavy (non-hydrogen) atoms. The lowest BCUT2D eigenvalue weighted by Crippen LogP contribution is -2.02. The third-order valence-corrected chi connectivity index (χ3v) is 2.86. The fourth-order valence-electron chi connectivity index (χ4n) is 1.55. The summed E-state index contributed by atoms with van der Waals surface area (Å²) < 4.78 is 1.78. The molecule has 2 rings (SSSR count). The summed E-state index contributed by atoms with van der Waals surface area (Å²) >= 11 is 11.8. The highest BCUT2D eigenvalue weighted by atomic mass is 35.5. The average molecular weight is 271 g/mol. The molecule has 2 aromatic heterocycles. The van der Waals surface area contributed by atoms with Crippen LogP contribution in [0.1, 0.15) is 11.3 Å². The van der Waals surface area contributed by atoms with E-state index < -0.39 is 0 Å². The van der Waals surface area contributed by atoms with Crippen LogP contribution in [0.4, 0.5) is 5.82 Å². The van der Waals surface area contributed by atoms with E-state index in [2.05, 4.69) is 15.4 Å². The van der Waals surface area contributed by atoms with Crippen molar-refractivity contribution in [2.24, 2.45) is 7.05 Å². The van der Waals surface area contributed by atoms with Crippen molar-refractivity contribution in [1.29, 1.82) is 0 Å². The Morgan fingerprint density at radius 2 is 2.18 bits per heavy atom. The minimum Gasteiger partial charge on any atom is -0.365 e. The van der Waals surface area contributed by atoms with Crippen molar-refractivity contribution >= 4 is 29.0 Å². The lowest BCUT2D eigenvalue weighted by Gasteiger charge is -2.06. The molecule has 0 bridgehead atoms. The minimum absolute atomic E-state index is 0.513. The second kappa shape index (κ2) is 4.94. The number of anilines is 1. The maximum Gasteiger partial charge on any atom is 0.145 e. The number of aryl methyl sites for hydroxylation is 2. The molecule has 0 fully saturated rings. The van der Waals surface area contributed by atoms with E-state index in [0.717, 1.165) is 11.3 Å². The van der Waals surface area contributed by atoms with E-state index in [1.165, 1.54) is 0 Å². The summed E-state index contributed by atoms with van der Waals surface area (Å²) in [6.07, 6.45) is 3.53. The molecule has 0 saturated heterocycles. The van der Waals surface area contributed by atoms with E-state index in [9.17, 15) is 0 Å². The lowest BCUT2D eigenvalue weighted by atomic mass is 10.2. The topological polar surface area (TPSA) is 42.7 Å². The highest BCUT2D eigenvalue weighted by Gasteiger charge is 2.06. The number of hydrogen-bond acceptors (Lipinski definition) is 3. The highest BCUT2D eigenvalue weighted by molar-refractivity contribution is 6.35. The molecule has 1 N–H and O–H groups in total. The summed E-state index contributed by atoms with van der Waals surface area (Å²) in [7, 11) is 1.89. The first-order chi connectivity index (χ1) is 8.06. The maximum atomic E-state index is 6.01. The number of nitrogens with zero attached hydrogens (tertiary/aromatic N) is 3. The van der Waals surface area contributed by atoms with Crippen LogP contribution in [0.5, 0.6) is 0 Å². The Kier molecular flexibility index (Phi) is 3.54. The molecule has 6 heteroatoms. The van der Waals surface area contributed by atoms with Gasteiger partial charge in [0.05, 0.1) is 15.7 Å². The smallest absolute Gasteiger partial charge is 0.145 e. The second-order valence-corrected chi connectivity index (χ2v) is 4.59. The van der Waals surface area contributed by atoms with Gasteiger partial charge in [0.15, 0.2) is 0 Å². The van der Waals surface area contributed by atoms with Gasteiger partial charge in [-0.1, -0.05) is 23.2 Å². The number of halogens is 2. The first kappa shape index (κ1) is 12.2. The van der Waals surface area contributed by atoms with Crippen LogP contribution in [0.3, 0.4) is 0 Å². The van der Waals surface area contributed by atoms with Gasteiger partial charge in [-0.05, 0) is 13.0 Å². The van der Waals surface area contributed by atoms with Gasteiger partial charge >= 0.3 is 0 Å². The molecule has 0 atom stereocenters. The molecular weight excluding hydrogens is 259 g/mol. The Bertz CT molecular complexity index is 536. The van der Waals surface area contributed by atoms with Crippen molar-refractivity contribution in [2.45, 2.75) is 13.5 Å². The van der Waals surface area contributed by atoms with Gasteiger partial charge in [0.25, 0.3) is 0 Å². The minimum atomic E-state index is 0.513. The molecular formula is C11H12Cl2N4. The van der Waals surface area contributed by atoms with Crippen molar-refractivity contribution in [3.05, 3.63) is 39.8 Å². The molecule has 0 amide bonds. The molecule has 2 heterocycles. The maximum absolute atomic E-state index is 6.01. The third kappa shape index (κ3) is 2.90. The van der Waals surface area contributed by atoms with E-state index in [4.69, 9.17) is 23.2 Å². The summed E-state index contributed by atoms with van der Waals surface area (Å²) in [5, 5.41) is 8.46. The van der Waals surface area contributed by atoms with E-state index in [-0.39, 0.29) is 0 Å². The van der Waals surface area contributed by atoms with Gasteiger partial charge in [0.1, 0.15) is 5.82 Å². The first-order valence-electron chi connectivity index (χ1n) is 5.10. The zero-order valence-corrected chi connectivity index (χ0v) is 11.0. The van der Waals surface area contributed by atoms with Crippen molar-refractivity contribution in [3.8, 4) is 0 Å². The van der Waals surface area contributed by atoms with Crippen LogP contribution in [0, 0.1) is 6.92 Å². The fourth-order valence-corrected chi connectivity index (χ4v) is 1.99. The van der Waals surface area contributed by atoms with Crippen molar-refractivity contribution in [3.63, 3.8) is 0 Å². The molecule has 0 aromatic carbocycles. The summed E-state index contributed by atoms with van der Waals surface area (Å²) in [6, 6.07) is 1.66. The largest absolute Gasteiger partial charge is 0.365 e. The third-order valence-electron chi connectivity index (χ3n) is 2.37. The molecule has 90 valence electrons. The summed E-state index contributed by atoms with van der Waals surface area (Å²) in [6.45, 7) is 2.60. The van der Waals surface area contributed by atoms with Crippen LogP contribution in [0.15, 0.2) is 18.5 Å². The van der Waals surface area contributed by atoms with Crippen molar-refractivity contribution in [2.75, 3.05) is 5.32 Å². The monoisotopic (exact) mass is 270 g/mol. The Morgan fingerprint density at radius 1 is 1.41 bits per heavy atom. The number of pyridine rings is 1. The Morgan fingerprint density at radius 3 is 2.76 bits per heavy atom. The number of rotatable bonds is 3. The summed E-state index contributed by atoms with van der Waals surface area (Å²) in [5.74, 6) is 0.624. The van der Waals surface area contributed by atoms with E-state index in [0.29, 0.717) is 22.4 Å². The number of aromatic nitrogens is 3. The molecule has 0 unspecified atom stereocenters. The standard InChI is InChI=1S/C11H12Cl2N4/c1-7-8(6-17(2)16-7)4-14-11-10(13)3-9(12)5-15-11/h3,5-6H,4H2,1-2H3,(H,14,15). The first-order valence-corrected chi connectivity index (χ1v) is 5.86. The lowest BCUT2D eigenvalue weighted by molar-refractivity contribution is 0.756. The number of nitrogens with one attached hydrogen (secondary N) is 1. The van der Waals surface area contributed by atoms with Crippen molar-refractivity contribution < 1.29 is 0 Å². The van der Waals surface area contributed by atoms with Gasteiger partial charge in [-0.3, -0.25) is 4.68 Å². The zero-order valence-electron chi connectivity index (χ0n) is 9.54. The van der Waals surface area contributed by atoms with Crippen LogP contribution in [-0.4, -0.2) is 14.8 Å². The Labute approximate surface area is 110 Å². The Hall–Kier alpha value is -1.26. The predicted octanol–water partition coefficient (Wildman–Crippen LogP) is 3.04. The predicted molar refractivity (Wildman–Crippen MR) is 69.5 cm³/mol. The van der Waals surface area contributed by atoms with E-state index in [1.54, 1.807) is 16.9 Å². The normalized spacial score (nSPS) is 10.6. The highest BCUT2D eigenvalue weighted by Crippen LogP contribution is 2.23. The SMILES string of the molecule is Cc1nn(C)cc1CNc1ncc(Cl)cc1Cl.